The van der Waals surface area contributed by atoms with Gasteiger partial charge in [-0.05, 0) is 33.1 Å². The number of piperidine rings is 1. The van der Waals surface area contributed by atoms with E-state index < -0.39 is 23.9 Å². The van der Waals surface area contributed by atoms with Crippen molar-refractivity contribution < 1.29 is 18.7 Å². The quantitative estimate of drug-likeness (QED) is 0.742. The molecule has 0 aliphatic carbocycles. The highest BCUT2D eigenvalue weighted by molar-refractivity contribution is 5.83. The zero-order chi connectivity index (χ0) is 22.1. The summed E-state index contributed by atoms with van der Waals surface area (Å²) < 4.78 is 21.7. The average molecular weight is 420 g/mol. The number of nitrogens with zero attached hydrogens (tertiary/aromatic N) is 5. The first-order valence-corrected chi connectivity index (χ1v) is 10.2. The predicted octanol–water partition coefficient (Wildman–Crippen LogP) is 2.89. The monoisotopic (exact) mass is 420 g/mol. The summed E-state index contributed by atoms with van der Waals surface area (Å²) in [5.41, 5.74) is 0.175. The first kappa shape index (κ1) is 21.9. The molecule has 0 unspecified atom stereocenters. The Labute approximate surface area is 175 Å². The van der Waals surface area contributed by atoms with E-state index in [0.29, 0.717) is 42.9 Å². The highest BCUT2D eigenvalue weighted by Crippen LogP contribution is 2.21. The third-order valence-electron chi connectivity index (χ3n) is 4.70. The summed E-state index contributed by atoms with van der Waals surface area (Å²) in [4.78, 5) is 33.4. The maximum atomic E-state index is 14.8. The van der Waals surface area contributed by atoms with Gasteiger partial charge in [0.05, 0.1) is 18.8 Å². The molecule has 30 heavy (non-hydrogen) atoms. The average Bonchev–Trinajstić information content (AvgIpc) is 2.98. The summed E-state index contributed by atoms with van der Waals surface area (Å²) in [6.45, 7) is 9.74. The van der Waals surface area contributed by atoms with Crippen molar-refractivity contribution in [2.45, 2.75) is 65.3 Å². The molecule has 1 fully saturated rings. The first-order valence-electron chi connectivity index (χ1n) is 10.2. The molecule has 3 rings (SSSR count). The van der Waals surface area contributed by atoms with Crippen LogP contribution < -0.4 is 5.32 Å². The zero-order valence-corrected chi connectivity index (χ0v) is 18.1. The molecule has 9 nitrogen and oxygen atoms in total. The lowest BCUT2D eigenvalue weighted by molar-refractivity contribution is 0.0125. The molecule has 164 valence electrons. The number of amides is 1. The van der Waals surface area contributed by atoms with Crippen LogP contribution in [-0.4, -0.2) is 67.8 Å². The van der Waals surface area contributed by atoms with Gasteiger partial charge in [-0.15, -0.1) is 5.10 Å². The maximum Gasteiger partial charge on any atom is 0.410 e. The summed E-state index contributed by atoms with van der Waals surface area (Å²) in [5, 5.41) is 7.45. The van der Waals surface area contributed by atoms with Crippen LogP contribution in [0.2, 0.25) is 0 Å². The molecule has 1 aliphatic rings. The fourth-order valence-electron chi connectivity index (χ4n) is 3.34. The van der Waals surface area contributed by atoms with Crippen molar-refractivity contribution in [2.24, 2.45) is 5.92 Å². The molecule has 2 aromatic rings. The summed E-state index contributed by atoms with van der Waals surface area (Å²) in [7, 11) is 0. The molecule has 3 heterocycles. The number of likely N-dealkylation sites (tertiary alicyclic amines) is 1. The van der Waals surface area contributed by atoms with Gasteiger partial charge in [0, 0.05) is 13.0 Å². The number of halogens is 1. The van der Waals surface area contributed by atoms with Crippen molar-refractivity contribution in [1.82, 2.24) is 24.5 Å². The second-order valence-electron chi connectivity index (χ2n) is 8.99. The van der Waals surface area contributed by atoms with Crippen LogP contribution >= 0.6 is 0 Å². The number of aromatic nitrogens is 4. The molecule has 0 saturated carbocycles. The Bertz CT molecular complexity index is 923. The number of anilines is 1. The molecule has 0 spiro atoms. The van der Waals surface area contributed by atoms with Crippen LogP contribution in [0, 0.1) is 5.92 Å². The van der Waals surface area contributed by atoms with E-state index in [1.807, 2.05) is 13.8 Å². The Hall–Kier alpha value is -2.78. The highest BCUT2D eigenvalue weighted by Gasteiger charge is 2.34. The maximum absolute atomic E-state index is 14.8. The van der Waals surface area contributed by atoms with Gasteiger partial charge in [0.25, 0.3) is 0 Å². The lowest BCUT2D eigenvalue weighted by atomic mass is 10.0. The molecule has 2 aromatic heterocycles. The topological polar surface area (TPSA) is 102 Å². The van der Waals surface area contributed by atoms with Crippen LogP contribution in [0.15, 0.2) is 6.20 Å². The minimum atomic E-state index is -1.30. The van der Waals surface area contributed by atoms with Crippen molar-refractivity contribution in [3.05, 3.63) is 17.7 Å². The van der Waals surface area contributed by atoms with Crippen LogP contribution in [0.25, 0.3) is 5.52 Å². The van der Waals surface area contributed by atoms with Gasteiger partial charge in [-0.2, -0.15) is 0 Å². The van der Waals surface area contributed by atoms with Gasteiger partial charge in [0.1, 0.15) is 28.8 Å². The lowest BCUT2D eigenvalue weighted by Crippen LogP contribution is -2.51. The molecule has 0 radical (unpaired) electrons. The Balaban J connectivity index is 1.72. The van der Waals surface area contributed by atoms with E-state index in [0.717, 1.165) is 0 Å². The number of rotatable bonds is 5. The molecule has 1 saturated heterocycles. The molecule has 0 aromatic carbocycles. The van der Waals surface area contributed by atoms with Crippen molar-refractivity contribution >= 4 is 23.8 Å². The number of carbonyl (C=O) groups is 2. The fraction of sp³-hybridized carbons (Fsp3) is 0.650. The first-order chi connectivity index (χ1) is 14.1. The van der Waals surface area contributed by atoms with E-state index in [1.165, 1.54) is 11.1 Å². The smallest absolute Gasteiger partial charge is 0.410 e. The van der Waals surface area contributed by atoms with E-state index in [-0.39, 0.29) is 18.2 Å². The van der Waals surface area contributed by atoms with E-state index in [4.69, 9.17) is 4.74 Å². The van der Waals surface area contributed by atoms with Crippen LogP contribution in [0.3, 0.4) is 0 Å². The van der Waals surface area contributed by atoms with Gasteiger partial charge in [0.15, 0.2) is 6.29 Å². The predicted molar refractivity (Wildman–Crippen MR) is 109 cm³/mol. The largest absolute Gasteiger partial charge is 0.444 e. The van der Waals surface area contributed by atoms with Crippen LogP contribution in [0.4, 0.5) is 15.1 Å². The summed E-state index contributed by atoms with van der Waals surface area (Å²) >= 11 is 0. The van der Waals surface area contributed by atoms with Gasteiger partial charge in [-0.25, -0.2) is 23.7 Å². The summed E-state index contributed by atoms with van der Waals surface area (Å²) in [5.74, 6) is 1.23. The second kappa shape index (κ2) is 8.53. The number of ether oxygens (including phenoxy) is 1. The van der Waals surface area contributed by atoms with E-state index in [2.05, 4.69) is 20.4 Å². The molecule has 0 bridgehead atoms. The van der Waals surface area contributed by atoms with Crippen LogP contribution in [-0.2, 0) is 11.2 Å². The fourth-order valence-corrected chi connectivity index (χ4v) is 3.34. The number of hydrogen-bond acceptors (Lipinski definition) is 7. The third-order valence-corrected chi connectivity index (χ3v) is 4.70. The Morgan fingerprint density at radius 2 is 2.17 bits per heavy atom. The number of fused-ring (bicyclic) bond motifs is 1. The van der Waals surface area contributed by atoms with E-state index >= 15 is 0 Å². The number of nitrogens with one attached hydrogen (secondary N) is 1. The van der Waals surface area contributed by atoms with Crippen molar-refractivity contribution in [3.8, 4) is 0 Å². The van der Waals surface area contributed by atoms with Crippen LogP contribution in [0.5, 0.6) is 0 Å². The normalized spacial score (nSPS) is 19.9. The van der Waals surface area contributed by atoms with Crippen molar-refractivity contribution in [1.29, 1.82) is 0 Å². The number of imidazole rings is 1. The van der Waals surface area contributed by atoms with Crippen molar-refractivity contribution in [3.63, 3.8) is 0 Å². The lowest BCUT2D eigenvalue weighted by Gasteiger charge is -2.35. The molecule has 1 aliphatic heterocycles. The summed E-state index contributed by atoms with van der Waals surface area (Å²) in [6.07, 6.45) is 1.42. The molecular formula is C20H29FN6O3. The minimum absolute atomic E-state index is 0.0617. The molecule has 1 amide bonds. The SMILES string of the molecule is CC(C)Cc1nc(C=O)c2cnc(N[C@@H]3CCN(C(=O)OC(C)(C)C)C[C@H]3F)nn12. The van der Waals surface area contributed by atoms with Gasteiger partial charge in [-0.3, -0.25) is 4.79 Å². The number of aldehydes is 1. The van der Waals surface area contributed by atoms with Crippen LogP contribution in [0.1, 0.15) is 57.4 Å². The van der Waals surface area contributed by atoms with Gasteiger partial charge >= 0.3 is 6.09 Å². The van der Waals surface area contributed by atoms with Gasteiger partial charge < -0.3 is 15.0 Å². The third kappa shape index (κ3) is 5.03. The Morgan fingerprint density at radius 1 is 1.43 bits per heavy atom. The highest BCUT2D eigenvalue weighted by atomic mass is 19.1. The van der Waals surface area contributed by atoms with Gasteiger partial charge in [-0.1, -0.05) is 13.8 Å². The number of hydrogen-bond donors (Lipinski definition) is 1. The van der Waals surface area contributed by atoms with Gasteiger partial charge in [0.2, 0.25) is 5.95 Å². The molecule has 1 N–H and O–H groups in total. The molecule has 10 heteroatoms. The molecular weight excluding hydrogens is 391 g/mol. The Kier molecular flexibility index (Phi) is 6.23. The minimum Gasteiger partial charge on any atom is -0.444 e. The zero-order valence-electron chi connectivity index (χ0n) is 18.1. The Morgan fingerprint density at radius 3 is 2.77 bits per heavy atom. The standard InChI is InChI=1S/C20H29FN6O3/c1-12(2)8-17-23-15(11-28)16-9-22-18(25-27(16)17)24-14-6-7-26(10-13(14)21)19(29)30-20(3,4)5/h9,11-14H,6-8,10H2,1-5H3,(H,24,25)/t13-,14-/m1/s1. The number of carbonyl (C=O) groups excluding carboxylic acids is 2. The van der Waals surface area contributed by atoms with E-state index in [9.17, 15) is 14.0 Å². The second-order valence-corrected chi connectivity index (χ2v) is 8.99. The van der Waals surface area contributed by atoms with E-state index in [1.54, 1.807) is 25.3 Å². The molecule has 2 atom stereocenters. The number of alkyl halides is 1. The summed E-state index contributed by atoms with van der Waals surface area (Å²) in [6, 6.07) is -0.538. The van der Waals surface area contributed by atoms with Crippen molar-refractivity contribution in [2.75, 3.05) is 18.4 Å².